The Hall–Kier alpha value is -5.09. The van der Waals surface area contributed by atoms with E-state index in [0.717, 1.165) is 30.5 Å². The number of nitrogens with two attached hydrogens (primary N) is 2. The zero-order valence-corrected chi connectivity index (χ0v) is 23.8. The number of nitrogen functional groups attached to an aromatic ring is 1. The molecule has 0 spiro atoms. The van der Waals surface area contributed by atoms with Gasteiger partial charge >= 0.3 is 0 Å². The van der Waals surface area contributed by atoms with Crippen LogP contribution in [0, 0.1) is 17.5 Å². The smallest absolute Gasteiger partial charge is 0.290 e. The van der Waals surface area contributed by atoms with Crippen LogP contribution in [0.15, 0.2) is 48.7 Å². The maximum absolute atomic E-state index is 14.9. The minimum atomic E-state index is -4.08. The normalized spacial score (nSPS) is 15.7. The van der Waals surface area contributed by atoms with E-state index in [0.29, 0.717) is 6.07 Å². The molecule has 0 saturated carbocycles. The van der Waals surface area contributed by atoms with Gasteiger partial charge < -0.3 is 16.8 Å². The van der Waals surface area contributed by atoms with Gasteiger partial charge in [-0.05, 0) is 47.9 Å². The number of alkyl halides is 6. The topological polar surface area (TPSA) is 129 Å². The lowest BCUT2D eigenvalue weighted by molar-refractivity contribution is -0.123. The van der Waals surface area contributed by atoms with Gasteiger partial charge in [0.15, 0.2) is 0 Å². The maximum atomic E-state index is 14.9. The van der Waals surface area contributed by atoms with Gasteiger partial charge in [-0.1, -0.05) is 6.07 Å². The number of hydrogen-bond acceptors (Lipinski definition) is 5. The first-order chi connectivity index (χ1) is 22.0. The van der Waals surface area contributed by atoms with Crippen molar-refractivity contribution in [3.8, 4) is 11.1 Å². The zero-order chi connectivity index (χ0) is 34.4. The van der Waals surface area contributed by atoms with Crippen LogP contribution in [-0.4, -0.2) is 26.6 Å². The van der Waals surface area contributed by atoms with E-state index in [9.17, 15) is 49.1 Å². The summed E-state index contributed by atoms with van der Waals surface area (Å²) in [5.41, 5.74) is 5.91. The van der Waals surface area contributed by atoms with Crippen molar-refractivity contribution in [1.82, 2.24) is 20.1 Å². The van der Waals surface area contributed by atoms with Crippen molar-refractivity contribution in [1.29, 1.82) is 0 Å². The standard InChI is InChI=1S/C30H23F9N6O2/c31-15-5-13(6-16(32)9-15)7-21(24-18(10-17(40)11-42-24)14-1-2-20(33)19(8-14)28(41)47)43-22(46)12-45-26-23(25(44-45)27(34)35)29(36,37)3-4-30(26,38)39/h1-2,5-6,8-11,21,27H,3-4,7,12,40H2,(H2,41,47)(H,43,46). The number of aromatic nitrogens is 3. The lowest BCUT2D eigenvalue weighted by Crippen LogP contribution is -2.37. The Morgan fingerprint density at radius 2 is 1.60 bits per heavy atom. The molecular formula is C30H23F9N6O2. The van der Waals surface area contributed by atoms with Crippen molar-refractivity contribution in [3.05, 3.63) is 99.9 Å². The van der Waals surface area contributed by atoms with Crippen LogP contribution in [0.5, 0.6) is 0 Å². The van der Waals surface area contributed by atoms with Gasteiger partial charge in [0.1, 0.15) is 35.4 Å². The second-order valence-corrected chi connectivity index (χ2v) is 10.8. The predicted molar refractivity (Wildman–Crippen MR) is 148 cm³/mol. The number of pyridine rings is 1. The lowest BCUT2D eigenvalue weighted by Gasteiger charge is -2.29. The summed E-state index contributed by atoms with van der Waals surface area (Å²) in [6.45, 7) is -1.25. The van der Waals surface area contributed by atoms with Crippen LogP contribution in [0.2, 0.25) is 0 Å². The van der Waals surface area contributed by atoms with Crippen molar-refractivity contribution in [2.24, 2.45) is 5.73 Å². The molecule has 1 unspecified atom stereocenters. The molecule has 2 amide bonds. The highest BCUT2D eigenvalue weighted by atomic mass is 19.3. The van der Waals surface area contributed by atoms with Gasteiger partial charge in [0, 0.05) is 24.5 Å². The quantitative estimate of drug-likeness (QED) is 0.187. The predicted octanol–water partition coefficient (Wildman–Crippen LogP) is 6.06. The van der Waals surface area contributed by atoms with Gasteiger partial charge in [0.2, 0.25) is 5.91 Å². The van der Waals surface area contributed by atoms with E-state index in [-0.39, 0.29) is 32.8 Å². The van der Waals surface area contributed by atoms with Crippen LogP contribution in [-0.2, 0) is 29.6 Å². The number of nitrogens with one attached hydrogen (secondary N) is 1. The third-order valence-corrected chi connectivity index (χ3v) is 7.45. The van der Waals surface area contributed by atoms with Crippen molar-refractivity contribution < 1.29 is 49.1 Å². The molecule has 47 heavy (non-hydrogen) atoms. The summed E-state index contributed by atoms with van der Waals surface area (Å²) in [7, 11) is 0. The molecular weight excluding hydrogens is 647 g/mol. The van der Waals surface area contributed by atoms with Crippen molar-refractivity contribution in [2.75, 3.05) is 5.73 Å². The zero-order valence-electron chi connectivity index (χ0n) is 23.8. The van der Waals surface area contributed by atoms with Crippen LogP contribution < -0.4 is 16.8 Å². The molecule has 1 atom stereocenters. The van der Waals surface area contributed by atoms with Crippen LogP contribution in [0.25, 0.3) is 11.1 Å². The number of fused-ring (bicyclic) bond motifs is 1. The minimum Gasteiger partial charge on any atom is -0.397 e. The summed E-state index contributed by atoms with van der Waals surface area (Å²) in [5, 5.41) is 5.66. The van der Waals surface area contributed by atoms with E-state index in [2.05, 4.69) is 15.4 Å². The fraction of sp³-hybridized carbons (Fsp3) is 0.267. The van der Waals surface area contributed by atoms with E-state index in [4.69, 9.17) is 11.5 Å². The fourth-order valence-electron chi connectivity index (χ4n) is 5.48. The molecule has 1 aliphatic rings. The highest BCUT2D eigenvalue weighted by Gasteiger charge is 2.55. The number of amides is 2. The summed E-state index contributed by atoms with van der Waals surface area (Å²) < 4.78 is 129. The Morgan fingerprint density at radius 3 is 2.23 bits per heavy atom. The van der Waals surface area contributed by atoms with Gasteiger partial charge in [0.05, 0.1) is 34.7 Å². The first-order valence-electron chi connectivity index (χ1n) is 13.7. The molecule has 0 aliphatic heterocycles. The summed E-state index contributed by atoms with van der Waals surface area (Å²) in [6.07, 6.45) is -5.80. The first kappa shape index (κ1) is 33.3. The molecule has 8 nitrogen and oxygen atoms in total. The Bertz CT molecular complexity index is 1860. The molecule has 2 aromatic heterocycles. The average molecular weight is 671 g/mol. The molecule has 5 rings (SSSR count). The Labute approximate surface area is 259 Å². The number of primary amides is 1. The number of halogens is 9. The highest BCUT2D eigenvalue weighted by molar-refractivity contribution is 5.94. The third kappa shape index (κ3) is 6.73. The molecule has 0 radical (unpaired) electrons. The number of nitrogens with zero attached hydrogens (tertiary/aromatic N) is 3. The van der Waals surface area contributed by atoms with Crippen molar-refractivity contribution in [3.63, 3.8) is 0 Å². The first-order valence-corrected chi connectivity index (χ1v) is 13.7. The van der Waals surface area contributed by atoms with Crippen LogP contribution in [0.1, 0.15) is 63.9 Å². The van der Waals surface area contributed by atoms with Gasteiger partial charge in [-0.3, -0.25) is 19.3 Å². The monoisotopic (exact) mass is 670 g/mol. The molecule has 0 saturated heterocycles. The summed E-state index contributed by atoms with van der Waals surface area (Å²) in [5.74, 6) is -13.4. The molecule has 248 valence electrons. The Morgan fingerprint density at radius 1 is 0.936 bits per heavy atom. The van der Waals surface area contributed by atoms with Gasteiger partial charge in [-0.25, -0.2) is 30.7 Å². The Kier molecular flexibility index (Phi) is 8.68. The molecule has 0 fully saturated rings. The lowest BCUT2D eigenvalue weighted by atomic mass is 9.89. The van der Waals surface area contributed by atoms with E-state index in [1.807, 2.05) is 0 Å². The SMILES string of the molecule is NC(=O)c1cc(-c2cc(N)cnc2C(Cc2cc(F)cc(F)c2)NC(=O)Cn2nc(C(F)F)c3c2C(F)(F)CCC3(F)F)ccc1F. The van der Waals surface area contributed by atoms with Crippen molar-refractivity contribution in [2.45, 2.75) is 50.1 Å². The minimum absolute atomic E-state index is 0.0430. The average Bonchev–Trinajstić information content (AvgIpc) is 3.37. The number of carbonyl (C=O) groups is 2. The fourth-order valence-corrected chi connectivity index (χ4v) is 5.48. The largest absolute Gasteiger partial charge is 0.397 e. The molecule has 1 aliphatic carbocycles. The van der Waals surface area contributed by atoms with Gasteiger partial charge in [-0.2, -0.15) is 13.9 Å². The molecule has 2 heterocycles. The number of benzene rings is 2. The summed E-state index contributed by atoms with van der Waals surface area (Å²) in [6, 6.07) is 5.51. The summed E-state index contributed by atoms with van der Waals surface area (Å²) in [4.78, 5) is 29.4. The van der Waals surface area contributed by atoms with Gasteiger partial charge in [0.25, 0.3) is 24.2 Å². The summed E-state index contributed by atoms with van der Waals surface area (Å²) >= 11 is 0. The maximum Gasteiger partial charge on any atom is 0.290 e. The van der Waals surface area contributed by atoms with Crippen LogP contribution >= 0.6 is 0 Å². The Balaban J connectivity index is 1.59. The van der Waals surface area contributed by atoms with E-state index < -0.39 is 102 Å². The van der Waals surface area contributed by atoms with E-state index in [1.165, 1.54) is 12.1 Å². The number of carbonyl (C=O) groups excluding carboxylic acids is 2. The van der Waals surface area contributed by atoms with Gasteiger partial charge in [-0.15, -0.1) is 0 Å². The number of anilines is 1. The van der Waals surface area contributed by atoms with E-state index >= 15 is 0 Å². The molecule has 0 bridgehead atoms. The molecule has 4 aromatic rings. The molecule has 5 N–H and O–H groups in total. The van der Waals surface area contributed by atoms with Crippen LogP contribution in [0.4, 0.5) is 45.2 Å². The highest BCUT2D eigenvalue weighted by Crippen LogP contribution is 2.52. The second kappa shape index (κ2) is 12.3. The van der Waals surface area contributed by atoms with Crippen molar-refractivity contribution >= 4 is 17.5 Å². The third-order valence-electron chi connectivity index (χ3n) is 7.45. The second-order valence-electron chi connectivity index (χ2n) is 10.8. The van der Waals surface area contributed by atoms with E-state index in [1.54, 1.807) is 0 Å². The number of rotatable bonds is 9. The molecule has 2 aromatic carbocycles. The van der Waals surface area contributed by atoms with Crippen LogP contribution in [0.3, 0.4) is 0 Å². The molecule has 17 heteroatoms. The number of hydrogen-bond donors (Lipinski definition) is 3.